The van der Waals surface area contributed by atoms with Crippen molar-refractivity contribution >= 4 is 39.5 Å². The lowest BCUT2D eigenvalue weighted by Crippen LogP contribution is -2.30. The number of phosphoric acid groups is 2. The number of ether oxygens (including phenoxy) is 4. The Kier molecular flexibility index (Phi) is 69.6. The van der Waals surface area contributed by atoms with Crippen LogP contribution in [0.4, 0.5) is 0 Å². The van der Waals surface area contributed by atoms with Crippen molar-refractivity contribution < 1.29 is 80.2 Å². The van der Waals surface area contributed by atoms with Gasteiger partial charge in [0.2, 0.25) is 0 Å². The predicted molar refractivity (Wildman–Crippen MR) is 395 cm³/mol. The van der Waals surface area contributed by atoms with Crippen molar-refractivity contribution in [3.8, 4) is 0 Å². The van der Waals surface area contributed by atoms with E-state index >= 15 is 0 Å². The second-order valence-electron chi connectivity index (χ2n) is 28.3. The molecule has 0 fully saturated rings. The zero-order valence-corrected chi connectivity index (χ0v) is 65.0. The molecule has 0 heterocycles. The lowest BCUT2D eigenvalue weighted by atomic mass is 9.99. The molecule has 17 nitrogen and oxygen atoms in total. The SMILES string of the molecule is CCCCCCCCCCCCCCCCCCCCC(=O)O[C@H](COC(=O)CCCCCCCCCCCCCCCCC)COP(=O)(O)OC[C@@H](O)COP(=O)(O)OC[C@@H](COC(=O)CCCCCCCCCCCC)OC(=O)CCCCCCCCCCCCC(C)CC. The van der Waals surface area contributed by atoms with Gasteiger partial charge in [-0.25, -0.2) is 9.13 Å². The molecule has 0 amide bonds. The second-order valence-corrected chi connectivity index (χ2v) is 31.3. The number of rotatable bonds is 78. The average Bonchev–Trinajstić information content (AvgIpc) is 2.70. The summed E-state index contributed by atoms with van der Waals surface area (Å²) in [5.74, 6) is -1.31. The van der Waals surface area contributed by atoms with E-state index in [4.69, 9.17) is 37.0 Å². The van der Waals surface area contributed by atoms with Gasteiger partial charge in [0.05, 0.1) is 26.4 Å². The van der Waals surface area contributed by atoms with Gasteiger partial charge in [-0.3, -0.25) is 37.3 Å². The molecule has 97 heavy (non-hydrogen) atoms. The quantitative estimate of drug-likeness (QED) is 0.0222. The van der Waals surface area contributed by atoms with Crippen LogP contribution < -0.4 is 0 Å². The van der Waals surface area contributed by atoms with Gasteiger partial charge in [0.15, 0.2) is 12.2 Å². The molecule has 0 radical (unpaired) electrons. The first-order valence-electron chi connectivity index (χ1n) is 40.7. The van der Waals surface area contributed by atoms with Gasteiger partial charge in [-0.2, -0.15) is 0 Å². The van der Waals surface area contributed by atoms with Gasteiger partial charge in [0, 0.05) is 25.7 Å². The molecule has 0 aromatic rings. The smallest absolute Gasteiger partial charge is 0.462 e. The fraction of sp³-hybridized carbons (Fsp3) is 0.949. The van der Waals surface area contributed by atoms with Crippen molar-refractivity contribution in [2.45, 2.75) is 432 Å². The summed E-state index contributed by atoms with van der Waals surface area (Å²) < 4.78 is 68.6. The van der Waals surface area contributed by atoms with Gasteiger partial charge < -0.3 is 33.8 Å². The maximum Gasteiger partial charge on any atom is 0.472 e. The molecule has 0 aromatic carbocycles. The molecule has 0 saturated heterocycles. The standard InChI is InChI=1S/C78H152O17P2/c1-6-10-13-16-19-22-25-27-29-30-31-33-35-37-43-48-53-58-63-77(82)94-74(68-89-76(81)62-57-52-47-42-36-34-32-28-26-23-20-17-14-11-7-2)70-93-97(86,87)91-66-72(79)65-90-96(84,85)92-69-73(67-88-75(80)61-56-51-46-41-24-21-18-15-12-8-3)95-78(83)64-59-54-49-44-39-38-40-45-50-55-60-71(5)9-4/h71-74,79H,6-70H2,1-5H3,(H,84,85)(H,86,87)/t71?,72-,73+,74+/m0/s1. The highest BCUT2D eigenvalue weighted by molar-refractivity contribution is 7.47. The summed E-state index contributed by atoms with van der Waals surface area (Å²) in [6.07, 6.45) is 60.9. The largest absolute Gasteiger partial charge is 0.472 e. The minimum Gasteiger partial charge on any atom is -0.462 e. The van der Waals surface area contributed by atoms with Crippen molar-refractivity contribution in [1.29, 1.82) is 0 Å². The fourth-order valence-corrected chi connectivity index (χ4v) is 13.6. The molecule has 3 unspecified atom stereocenters. The topological polar surface area (TPSA) is 237 Å². The average molecular weight is 1420 g/mol. The molecule has 19 heteroatoms. The monoisotopic (exact) mass is 1420 g/mol. The third kappa shape index (κ3) is 70.9. The minimum absolute atomic E-state index is 0.107. The van der Waals surface area contributed by atoms with E-state index in [1.54, 1.807) is 0 Å². The van der Waals surface area contributed by atoms with Crippen LogP contribution >= 0.6 is 15.6 Å². The zero-order valence-electron chi connectivity index (χ0n) is 63.2. The Morgan fingerprint density at radius 1 is 0.289 bits per heavy atom. The van der Waals surface area contributed by atoms with E-state index in [0.717, 1.165) is 95.8 Å². The first-order valence-corrected chi connectivity index (χ1v) is 43.7. The molecule has 3 N–H and O–H groups in total. The number of unbranched alkanes of at least 4 members (excludes halogenated alkanes) is 49. The van der Waals surface area contributed by atoms with Crippen LogP contribution in [0.3, 0.4) is 0 Å². The molecule has 0 aliphatic carbocycles. The highest BCUT2D eigenvalue weighted by atomic mass is 31.2. The summed E-state index contributed by atoms with van der Waals surface area (Å²) in [5.41, 5.74) is 0. The Labute approximate surface area is 594 Å². The number of aliphatic hydroxyl groups is 1. The predicted octanol–water partition coefficient (Wildman–Crippen LogP) is 23.3. The van der Waals surface area contributed by atoms with Crippen LogP contribution in [0, 0.1) is 5.92 Å². The van der Waals surface area contributed by atoms with E-state index in [1.807, 2.05) is 0 Å². The van der Waals surface area contributed by atoms with Crippen LogP contribution in [-0.2, 0) is 65.4 Å². The molecule has 576 valence electrons. The van der Waals surface area contributed by atoms with E-state index in [1.165, 1.54) is 238 Å². The van der Waals surface area contributed by atoms with E-state index in [2.05, 4.69) is 34.6 Å². The lowest BCUT2D eigenvalue weighted by molar-refractivity contribution is -0.161. The van der Waals surface area contributed by atoms with Gasteiger partial charge in [0.1, 0.15) is 19.3 Å². The molecule has 0 aliphatic rings. The first kappa shape index (κ1) is 95.1. The van der Waals surface area contributed by atoms with Crippen molar-refractivity contribution in [1.82, 2.24) is 0 Å². The molecular formula is C78H152O17P2. The zero-order chi connectivity index (χ0) is 71.2. The summed E-state index contributed by atoms with van der Waals surface area (Å²) in [5, 5.41) is 10.6. The van der Waals surface area contributed by atoms with Crippen molar-refractivity contribution in [3.63, 3.8) is 0 Å². The van der Waals surface area contributed by atoms with E-state index in [9.17, 15) is 43.2 Å². The third-order valence-electron chi connectivity index (χ3n) is 18.6. The van der Waals surface area contributed by atoms with Crippen LogP contribution in [0.2, 0.25) is 0 Å². The van der Waals surface area contributed by atoms with Crippen LogP contribution in [0.15, 0.2) is 0 Å². The van der Waals surface area contributed by atoms with Crippen molar-refractivity contribution in [2.75, 3.05) is 39.6 Å². The molecule has 0 aliphatic heterocycles. The van der Waals surface area contributed by atoms with Gasteiger partial charge >= 0.3 is 39.5 Å². The van der Waals surface area contributed by atoms with E-state index < -0.39 is 97.5 Å². The van der Waals surface area contributed by atoms with E-state index in [0.29, 0.717) is 25.7 Å². The molecule has 6 atom stereocenters. The Hall–Kier alpha value is -1.94. The Morgan fingerprint density at radius 3 is 0.732 bits per heavy atom. The molecule has 0 bridgehead atoms. The fourth-order valence-electron chi connectivity index (χ4n) is 12.0. The summed E-state index contributed by atoms with van der Waals surface area (Å²) in [4.78, 5) is 72.9. The van der Waals surface area contributed by atoms with Gasteiger partial charge in [0.25, 0.3) is 0 Å². The highest BCUT2D eigenvalue weighted by Gasteiger charge is 2.30. The number of esters is 4. The van der Waals surface area contributed by atoms with Crippen LogP contribution in [0.1, 0.15) is 413 Å². The lowest BCUT2D eigenvalue weighted by Gasteiger charge is -2.21. The normalized spacial score (nSPS) is 14.2. The summed E-state index contributed by atoms with van der Waals surface area (Å²) in [7, 11) is -9.91. The first-order chi connectivity index (χ1) is 47.1. The number of hydrogen-bond acceptors (Lipinski definition) is 15. The Bertz CT molecular complexity index is 1860. The number of carbonyl (C=O) groups is 4. The molecule has 0 saturated carbocycles. The van der Waals surface area contributed by atoms with Crippen molar-refractivity contribution in [3.05, 3.63) is 0 Å². The minimum atomic E-state index is -4.96. The van der Waals surface area contributed by atoms with Gasteiger partial charge in [-0.05, 0) is 31.6 Å². The van der Waals surface area contributed by atoms with E-state index in [-0.39, 0.29) is 25.7 Å². The number of phosphoric ester groups is 2. The molecule has 0 rings (SSSR count). The van der Waals surface area contributed by atoms with Crippen LogP contribution in [0.5, 0.6) is 0 Å². The summed E-state index contributed by atoms with van der Waals surface area (Å²) in [6.45, 7) is 7.33. The van der Waals surface area contributed by atoms with Crippen molar-refractivity contribution in [2.24, 2.45) is 5.92 Å². The maximum absolute atomic E-state index is 13.1. The number of hydrogen-bond donors (Lipinski definition) is 3. The maximum atomic E-state index is 13.1. The highest BCUT2D eigenvalue weighted by Crippen LogP contribution is 2.45. The number of aliphatic hydroxyl groups excluding tert-OH is 1. The number of carbonyl (C=O) groups excluding carboxylic acids is 4. The Morgan fingerprint density at radius 2 is 0.495 bits per heavy atom. The third-order valence-corrected chi connectivity index (χ3v) is 20.5. The van der Waals surface area contributed by atoms with Gasteiger partial charge in [-0.1, -0.05) is 362 Å². The second kappa shape index (κ2) is 71.1. The summed E-state index contributed by atoms with van der Waals surface area (Å²) >= 11 is 0. The molecule has 0 spiro atoms. The van der Waals surface area contributed by atoms with Crippen LogP contribution in [-0.4, -0.2) is 96.7 Å². The van der Waals surface area contributed by atoms with Crippen LogP contribution in [0.25, 0.3) is 0 Å². The molecular weight excluding hydrogens is 1270 g/mol. The summed E-state index contributed by atoms with van der Waals surface area (Å²) in [6, 6.07) is 0. The molecule has 0 aromatic heterocycles. The Balaban J connectivity index is 5.24. The van der Waals surface area contributed by atoms with Gasteiger partial charge in [-0.15, -0.1) is 0 Å².